The summed E-state index contributed by atoms with van der Waals surface area (Å²) in [7, 11) is 0. The lowest BCUT2D eigenvalue weighted by Gasteiger charge is -2.32. The third-order valence-electron chi connectivity index (χ3n) is 2.14. The van der Waals surface area contributed by atoms with Crippen molar-refractivity contribution in [3.05, 3.63) is 0 Å². The molecule has 1 aliphatic rings. The van der Waals surface area contributed by atoms with Crippen LogP contribution in [0.3, 0.4) is 0 Å². The van der Waals surface area contributed by atoms with E-state index in [1.165, 1.54) is 0 Å². The lowest BCUT2D eigenvalue weighted by Crippen LogP contribution is -2.34. The minimum absolute atomic E-state index is 0.0256. The molecule has 1 unspecified atom stereocenters. The second-order valence-electron chi connectivity index (χ2n) is 5.45. The van der Waals surface area contributed by atoms with Crippen molar-refractivity contribution in [2.24, 2.45) is 15.4 Å². The summed E-state index contributed by atoms with van der Waals surface area (Å²) in [6.45, 7) is 11.8. The van der Waals surface area contributed by atoms with E-state index < -0.39 is 0 Å². The Morgan fingerprint density at radius 1 is 1.46 bits per heavy atom. The molecule has 1 heterocycles. The van der Waals surface area contributed by atoms with Crippen molar-refractivity contribution < 1.29 is 0 Å². The summed E-state index contributed by atoms with van der Waals surface area (Å²) in [5, 5.41) is 0. The van der Waals surface area contributed by atoms with Crippen LogP contribution in [0.2, 0.25) is 0 Å². The van der Waals surface area contributed by atoms with Crippen LogP contribution in [0.15, 0.2) is 9.98 Å². The highest BCUT2D eigenvalue weighted by atomic mass is 15.0. The second kappa shape index (κ2) is 3.24. The van der Waals surface area contributed by atoms with Crippen molar-refractivity contribution in [1.29, 1.82) is 0 Å². The summed E-state index contributed by atoms with van der Waals surface area (Å²) >= 11 is 0. The van der Waals surface area contributed by atoms with E-state index in [0.717, 1.165) is 18.7 Å². The maximum Gasteiger partial charge on any atom is 0.0780 e. The van der Waals surface area contributed by atoms with E-state index in [0.29, 0.717) is 5.41 Å². The van der Waals surface area contributed by atoms with Crippen molar-refractivity contribution in [2.45, 2.75) is 46.6 Å². The molecular formula is C11H20N2. The van der Waals surface area contributed by atoms with Crippen LogP contribution in [0.5, 0.6) is 0 Å². The lowest BCUT2D eigenvalue weighted by atomic mass is 9.81. The van der Waals surface area contributed by atoms with Gasteiger partial charge < -0.3 is 0 Å². The fourth-order valence-corrected chi connectivity index (χ4v) is 1.87. The first kappa shape index (κ1) is 10.4. The van der Waals surface area contributed by atoms with Crippen LogP contribution in [-0.2, 0) is 0 Å². The van der Waals surface area contributed by atoms with Gasteiger partial charge in [0.25, 0.3) is 0 Å². The van der Waals surface area contributed by atoms with Gasteiger partial charge in [0.2, 0.25) is 0 Å². The van der Waals surface area contributed by atoms with Crippen LogP contribution in [0.1, 0.15) is 41.0 Å². The molecule has 0 aromatic heterocycles. The molecule has 2 heteroatoms. The smallest absolute Gasteiger partial charge is 0.0780 e. The topological polar surface area (TPSA) is 24.7 Å². The molecule has 0 aromatic carbocycles. The molecule has 0 bridgehead atoms. The normalized spacial score (nSPS) is 28.8. The SMILES string of the molecule is CC1=NCC(C)(CC(C)(C)C)N=C1. The van der Waals surface area contributed by atoms with Gasteiger partial charge >= 0.3 is 0 Å². The van der Waals surface area contributed by atoms with Gasteiger partial charge in [0.15, 0.2) is 0 Å². The van der Waals surface area contributed by atoms with E-state index in [2.05, 4.69) is 37.7 Å². The number of rotatable bonds is 1. The van der Waals surface area contributed by atoms with Gasteiger partial charge in [0, 0.05) is 11.9 Å². The number of hydrogen-bond donors (Lipinski definition) is 0. The zero-order valence-electron chi connectivity index (χ0n) is 9.39. The zero-order valence-corrected chi connectivity index (χ0v) is 9.39. The maximum atomic E-state index is 4.57. The largest absolute Gasteiger partial charge is 0.286 e. The van der Waals surface area contributed by atoms with Crippen molar-refractivity contribution in [3.63, 3.8) is 0 Å². The monoisotopic (exact) mass is 180 g/mol. The van der Waals surface area contributed by atoms with Crippen LogP contribution in [0.4, 0.5) is 0 Å². The first-order valence-corrected chi connectivity index (χ1v) is 4.87. The molecule has 0 saturated heterocycles. The first-order chi connectivity index (χ1) is 5.81. The molecule has 1 atom stereocenters. The fourth-order valence-electron chi connectivity index (χ4n) is 1.87. The van der Waals surface area contributed by atoms with E-state index in [9.17, 15) is 0 Å². The molecule has 13 heavy (non-hydrogen) atoms. The summed E-state index contributed by atoms with van der Waals surface area (Å²) in [6, 6.07) is 0. The Kier molecular flexibility index (Phi) is 2.60. The third-order valence-corrected chi connectivity index (χ3v) is 2.14. The Labute approximate surface area is 81.2 Å². The minimum atomic E-state index is 0.0256. The van der Waals surface area contributed by atoms with Crippen LogP contribution in [-0.4, -0.2) is 24.0 Å². The van der Waals surface area contributed by atoms with Gasteiger partial charge in [-0.1, -0.05) is 20.8 Å². The van der Waals surface area contributed by atoms with Crippen LogP contribution < -0.4 is 0 Å². The summed E-state index contributed by atoms with van der Waals surface area (Å²) < 4.78 is 0. The molecule has 1 rings (SSSR count). The highest BCUT2D eigenvalue weighted by molar-refractivity contribution is 6.29. The van der Waals surface area contributed by atoms with Crippen molar-refractivity contribution in [1.82, 2.24) is 0 Å². The van der Waals surface area contributed by atoms with Crippen LogP contribution in [0, 0.1) is 5.41 Å². The van der Waals surface area contributed by atoms with Crippen molar-refractivity contribution in [3.8, 4) is 0 Å². The lowest BCUT2D eigenvalue weighted by molar-refractivity contribution is 0.277. The maximum absolute atomic E-state index is 4.57. The molecule has 0 spiro atoms. The Bertz CT molecular complexity index is 245. The molecule has 0 aliphatic carbocycles. The predicted molar refractivity (Wildman–Crippen MR) is 58.9 cm³/mol. The van der Waals surface area contributed by atoms with Crippen LogP contribution >= 0.6 is 0 Å². The molecule has 0 aromatic rings. The summed E-state index contributed by atoms with van der Waals surface area (Å²) in [4.78, 5) is 9.01. The van der Waals surface area contributed by atoms with E-state index in [1.807, 2.05) is 13.1 Å². The summed E-state index contributed by atoms with van der Waals surface area (Å²) in [5.41, 5.74) is 1.40. The minimum Gasteiger partial charge on any atom is -0.286 e. The molecule has 74 valence electrons. The summed E-state index contributed by atoms with van der Waals surface area (Å²) in [6.07, 6.45) is 2.99. The van der Waals surface area contributed by atoms with Gasteiger partial charge in [-0.05, 0) is 25.7 Å². The third kappa shape index (κ3) is 3.29. The van der Waals surface area contributed by atoms with Gasteiger partial charge in [-0.15, -0.1) is 0 Å². The van der Waals surface area contributed by atoms with Gasteiger partial charge in [0.1, 0.15) is 0 Å². The highest BCUT2D eigenvalue weighted by Gasteiger charge is 2.30. The fraction of sp³-hybridized carbons (Fsp3) is 0.818. The van der Waals surface area contributed by atoms with Gasteiger partial charge in [-0.25, -0.2) is 0 Å². The Morgan fingerprint density at radius 3 is 2.46 bits per heavy atom. The quantitative estimate of drug-likeness (QED) is 0.593. The standard InChI is InChI=1S/C11H20N2/c1-9-6-13-11(5,8-12-9)7-10(2,3)4/h6H,7-8H2,1-5H3. The van der Waals surface area contributed by atoms with E-state index in [4.69, 9.17) is 0 Å². The molecular weight excluding hydrogens is 160 g/mol. The zero-order chi connectivity index (χ0) is 10.1. The van der Waals surface area contributed by atoms with Crippen molar-refractivity contribution >= 4 is 11.9 Å². The molecule has 0 fully saturated rings. The Morgan fingerprint density at radius 2 is 2.08 bits per heavy atom. The second-order valence-corrected chi connectivity index (χ2v) is 5.45. The van der Waals surface area contributed by atoms with E-state index >= 15 is 0 Å². The Hall–Kier alpha value is -0.660. The van der Waals surface area contributed by atoms with Crippen LogP contribution in [0.25, 0.3) is 0 Å². The molecule has 0 amide bonds. The molecule has 2 nitrogen and oxygen atoms in total. The number of aliphatic imine (C=N–C) groups is 2. The number of nitrogens with zero attached hydrogens (tertiary/aromatic N) is 2. The summed E-state index contributed by atoms with van der Waals surface area (Å²) in [5.74, 6) is 0. The van der Waals surface area contributed by atoms with Crippen molar-refractivity contribution in [2.75, 3.05) is 6.54 Å². The van der Waals surface area contributed by atoms with E-state index in [-0.39, 0.29) is 5.54 Å². The van der Waals surface area contributed by atoms with E-state index in [1.54, 1.807) is 0 Å². The van der Waals surface area contributed by atoms with Gasteiger partial charge in [0.05, 0.1) is 12.1 Å². The predicted octanol–water partition coefficient (Wildman–Crippen LogP) is 2.73. The molecule has 0 saturated carbocycles. The van der Waals surface area contributed by atoms with Gasteiger partial charge in [-0.2, -0.15) is 0 Å². The average Bonchev–Trinajstić information content (AvgIpc) is 1.92. The molecule has 0 N–H and O–H groups in total. The first-order valence-electron chi connectivity index (χ1n) is 4.87. The average molecular weight is 180 g/mol. The molecule has 1 aliphatic heterocycles. The Balaban J connectivity index is 2.66. The highest BCUT2D eigenvalue weighted by Crippen LogP contribution is 2.30. The van der Waals surface area contributed by atoms with Gasteiger partial charge in [-0.3, -0.25) is 9.98 Å². The number of hydrogen-bond acceptors (Lipinski definition) is 2. The molecule has 0 radical (unpaired) electrons.